The van der Waals surface area contributed by atoms with Crippen molar-refractivity contribution < 1.29 is 13.5 Å². The van der Waals surface area contributed by atoms with Gasteiger partial charge in [-0.1, -0.05) is 60.7 Å². The van der Waals surface area contributed by atoms with Gasteiger partial charge in [-0.2, -0.15) is 0 Å². The van der Waals surface area contributed by atoms with Crippen molar-refractivity contribution in [3.8, 4) is 0 Å². The molecule has 0 amide bonds. The van der Waals surface area contributed by atoms with Gasteiger partial charge in [-0.05, 0) is 17.5 Å². The molecule has 112 valence electrons. The fourth-order valence-electron chi connectivity index (χ4n) is 2.28. The standard InChI is InChI=1S/C17H19F2NO/c18-16(19)12-21-17(14-9-5-2-6-10-14)15(20)11-13-7-3-1-4-8-13/h1-10,15-17H,11-12,20H2. The molecule has 2 atom stereocenters. The molecule has 0 saturated carbocycles. The molecule has 2 nitrogen and oxygen atoms in total. The zero-order valence-electron chi connectivity index (χ0n) is 11.7. The lowest BCUT2D eigenvalue weighted by atomic mass is 9.97. The summed E-state index contributed by atoms with van der Waals surface area (Å²) in [6.45, 7) is -0.609. The second kappa shape index (κ2) is 7.86. The quantitative estimate of drug-likeness (QED) is 0.846. The molecule has 0 fully saturated rings. The molecule has 2 N–H and O–H groups in total. The van der Waals surface area contributed by atoms with Gasteiger partial charge in [0.25, 0.3) is 6.43 Å². The summed E-state index contributed by atoms with van der Waals surface area (Å²) in [6, 6.07) is 18.6. The van der Waals surface area contributed by atoms with Gasteiger partial charge in [0.05, 0.1) is 6.10 Å². The van der Waals surface area contributed by atoms with Crippen LogP contribution in [0, 0.1) is 0 Å². The maximum atomic E-state index is 12.4. The molecular formula is C17H19F2NO. The van der Waals surface area contributed by atoms with Gasteiger partial charge in [0, 0.05) is 6.04 Å². The first kappa shape index (κ1) is 15.6. The number of nitrogens with two attached hydrogens (primary N) is 1. The average molecular weight is 291 g/mol. The number of rotatable bonds is 7. The van der Waals surface area contributed by atoms with E-state index >= 15 is 0 Å². The second-order valence-electron chi connectivity index (χ2n) is 4.91. The molecule has 0 heterocycles. The number of hydrogen-bond acceptors (Lipinski definition) is 2. The lowest BCUT2D eigenvalue weighted by Crippen LogP contribution is -2.33. The molecule has 0 spiro atoms. The third kappa shape index (κ3) is 4.92. The van der Waals surface area contributed by atoms with Crippen LogP contribution in [0.2, 0.25) is 0 Å². The Balaban J connectivity index is 2.10. The van der Waals surface area contributed by atoms with E-state index in [0.29, 0.717) is 6.42 Å². The number of hydrogen-bond donors (Lipinski definition) is 1. The third-order valence-corrected chi connectivity index (χ3v) is 3.23. The van der Waals surface area contributed by atoms with Crippen LogP contribution in [-0.4, -0.2) is 19.1 Å². The van der Waals surface area contributed by atoms with Crippen molar-refractivity contribution in [3.63, 3.8) is 0 Å². The van der Waals surface area contributed by atoms with Crippen LogP contribution in [0.1, 0.15) is 17.2 Å². The third-order valence-electron chi connectivity index (χ3n) is 3.23. The van der Waals surface area contributed by atoms with Crippen LogP contribution in [0.5, 0.6) is 0 Å². The molecule has 2 aromatic carbocycles. The highest BCUT2D eigenvalue weighted by Gasteiger charge is 2.22. The van der Waals surface area contributed by atoms with Crippen LogP contribution in [0.25, 0.3) is 0 Å². The Morgan fingerprint density at radius 3 is 2.05 bits per heavy atom. The van der Waals surface area contributed by atoms with Gasteiger partial charge in [0.15, 0.2) is 0 Å². The van der Waals surface area contributed by atoms with Gasteiger partial charge in [-0.3, -0.25) is 0 Å². The molecule has 0 bridgehead atoms. The van der Waals surface area contributed by atoms with Gasteiger partial charge in [-0.25, -0.2) is 8.78 Å². The van der Waals surface area contributed by atoms with Crippen molar-refractivity contribution in [1.82, 2.24) is 0 Å². The largest absolute Gasteiger partial charge is 0.366 e. The SMILES string of the molecule is NC(Cc1ccccc1)C(OCC(F)F)c1ccccc1. The van der Waals surface area contributed by atoms with E-state index in [1.165, 1.54) is 0 Å². The van der Waals surface area contributed by atoms with Crippen molar-refractivity contribution in [2.45, 2.75) is 25.0 Å². The lowest BCUT2D eigenvalue weighted by Gasteiger charge is -2.25. The van der Waals surface area contributed by atoms with E-state index in [9.17, 15) is 8.78 Å². The van der Waals surface area contributed by atoms with Gasteiger partial charge in [0.1, 0.15) is 6.61 Å². The van der Waals surface area contributed by atoms with Crippen LogP contribution >= 0.6 is 0 Å². The minimum atomic E-state index is -2.50. The number of ether oxygens (including phenoxy) is 1. The summed E-state index contributed by atoms with van der Waals surface area (Å²) in [5.41, 5.74) is 8.08. The predicted octanol–water partition coefficient (Wildman–Crippen LogP) is 3.58. The Kier molecular flexibility index (Phi) is 5.84. The fraction of sp³-hybridized carbons (Fsp3) is 0.294. The van der Waals surface area contributed by atoms with E-state index in [0.717, 1.165) is 11.1 Å². The molecular weight excluding hydrogens is 272 g/mol. The minimum absolute atomic E-state index is 0.381. The van der Waals surface area contributed by atoms with Crippen LogP contribution in [0.15, 0.2) is 60.7 Å². The predicted molar refractivity (Wildman–Crippen MR) is 79.3 cm³/mol. The number of alkyl halides is 2. The summed E-state index contributed by atoms with van der Waals surface area (Å²) >= 11 is 0. The second-order valence-corrected chi connectivity index (χ2v) is 4.91. The fourth-order valence-corrected chi connectivity index (χ4v) is 2.28. The van der Waals surface area contributed by atoms with E-state index < -0.39 is 19.1 Å². The Morgan fingerprint density at radius 2 is 1.48 bits per heavy atom. The summed E-state index contributed by atoms with van der Waals surface area (Å²) in [5.74, 6) is 0. The Bertz CT molecular complexity index is 519. The molecule has 0 aliphatic rings. The first-order valence-corrected chi connectivity index (χ1v) is 6.91. The average Bonchev–Trinajstić information content (AvgIpc) is 2.49. The topological polar surface area (TPSA) is 35.2 Å². The minimum Gasteiger partial charge on any atom is -0.366 e. The van der Waals surface area contributed by atoms with E-state index in [1.807, 2.05) is 60.7 Å². The van der Waals surface area contributed by atoms with Crippen molar-refractivity contribution in [1.29, 1.82) is 0 Å². The molecule has 0 radical (unpaired) electrons. The normalized spacial score (nSPS) is 14.1. The van der Waals surface area contributed by atoms with Crippen molar-refractivity contribution >= 4 is 0 Å². The van der Waals surface area contributed by atoms with Gasteiger partial charge in [-0.15, -0.1) is 0 Å². The van der Waals surface area contributed by atoms with Crippen molar-refractivity contribution in [2.24, 2.45) is 5.73 Å². The van der Waals surface area contributed by atoms with E-state index in [4.69, 9.17) is 10.5 Å². The summed E-state index contributed by atoms with van der Waals surface area (Å²) in [6.07, 6.45) is -2.47. The van der Waals surface area contributed by atoms with Crippen LogP contribution in [0.4, 0.5) is 8.78 Å². The first-order chi connectivity index (χ1) is 10.2. The molecule has 0 aromatic heterocycles. The van der Waals surface area contributed by atoms with E-state index in [2.05, 4.69) is 0 Å². The zero-order chi connectivity index (χ0) is 15.1. The Hall–Kier alpha value is -1.78. The van der Waals surface area contributed by atoms with E-state index in [1.54, 1.807) is 0 Å². The summed E-state index contributed by atoms with van der Waals surface area (Å²) in [4.78, 5) is 0. The monoisotopic (exact) mass is 291 g/mol. The molecule has 21 heavy (non-hydrogen) atoms. The summed E-state index contributed by atoms with van der Waals surface area (Å²) in [5, 5.41) is 0. The Morgan fingerprint density at radius 1 is 0.905 bits per heavy atom. The summed E-state index contributed by atoms with van der Waals surface area (Å²) < 4.78 is 30.2. The number of halogens is 2. The van der Waals surface area contributed by atoms with E-state index in [-0.39, 0.29) is 6.04 Å². The van der Waals surface area contributed by atoms with Crippen molar-refractivity contribution in [2.75, 3.05) is 6.61 Å². The number of benzene rings is 2. The highest BCUT2D eigenvalue weighted by Crippen LogP contribution is 2.23. The highest BCUT2D eigenvalue weighted by atomic mass is 19.3. The zero-order valence-corrected chi connectivity index (χ0v) is 11.7. The molecule has 0 saturated heterocycles. The highest BCUT2D eigenvalue weighted by molar-refractivity contribution is 5.22. The van der Waals surface area contributed by atoms with Crippen LogP contribution in [0.3, 0.4) is 0 Å². The first-order valence-electron chi connectivity index (χ1n) is 6.91. The molecule has 4 heteroatoms. The van der Waals surface area contributed by atoms with Crippen molar-refractivity contribution in [3.05, 3.63) is 71.8 Å². The summed E-state index contributed by atoms with van der Waals surface area (Å²) in [7, 11) is 0. The molecule has 2 rings (SSSR count). The molecule has 0 aliphatic carbocycles. The maximum Gasteiger partial charge on any atom is 0.261 e. The van der Waals surface area contributed by atoms with Gasteiger partial charge < -0.3 is 10.5 Å². The Labute approximate surface area is 123 Å². The lowest BCUT2D eigenvalue weighted by molar-refractivity contribution is -0.0346. The molecule has 2 aromatic rings. The van der Waals surface area contributed by atoms with Crippen LogP contribution < -0.4 is 5.73 Å². The van der Waals surface area contributed by atoms with Crippen LogP contribution in [-0.2, 0) is 11.2 Å². The molecule has 0 aliphatic heterocycles. The molecule has 2 unspecified atom stereocenters. The van der Waals surface area contributed by atoms with Gasteiger partial charge in [0.2, 0.25) is 0 Å². The maximum absolute atomic E-state index is 12.4. The smallest absolute Gasteiger partial charge is 0.261 e. The van der Waals surface area contributed by atoms with Gasteiger partial charge >= 0.3 is 0 Å².